The Bertz CT molecular complexity index is 337. The highest BCUT2D eigenvalue weighted by atomic mass is 15.2. The van der Waals surface area contributed by atoms with Gasteiger partial charge in [0.05, 0.1) is 6.20 Å². The third-order valence-electron chi connectivity index (χ3n) is 3.63. The van der Waals surface area contributed by atoms with E-state index in [0.29, 0.717) is 0 Å². The summed E-state index contributed by atoms with van der Waals surface area (Å²) in [6.45, 7) is 5.73. The van der Waals surface area contributed by atoms with E-state index in [1.54, 1.807) is 10.9 Å². The van der Waals surface area contributed by atoms with E-state index >= 15 is 0 Å². The summed E-state index contributed by atoms with van der Waals surface area (Å²) in [5.74, 6) is 0.965. The van der Waals surface area contributed by atoms with Gasteiger partial charge in [-0.3, -0.25) is 0 Å². The Morgan fingerprint density at radius 1 is 1.41 bits per heavy atom. The zero-order valence-electron chi connectivity index (χ0n) is 10.6. The van der Waals surface area contributed by atoms with E-state index in [0.717, 1.165) is 19.0 Å². The lowest BCUT2D eigenvalue weighted by Crippen LogP contribution is -2.18. The van der Waals surface area contributed by atoms with Gasteiger partial charge in [-0.15, -0.1) is 0 Å². The minimum atomic E-state index is 0.917. The average Bonchev–Trinajstić information content (AvgIpc) is 2.84. The normalized spacial score (nSPS) is 17.2. The van der Waals surface area contributed by atoms with Crippen molar-refractivity contribution in [1.29, 1.82) is 0 Å². The highest BCUT2D eigenvalue weighted by Crippen LogP contribution is 2.25. The van der Waals surface area contributed by atoms with Gasteiger partial charge in [-0.05, 0) is 18.9 Å². The molecule has 1 heterocycles. The Morgan fingerprint density at radius 3 is 2.94 bits per heavy atom. The smallest absolute Gasteiger partial charge is 0.0538 e. The lowest BCUT2D eigenvalue weighted by Gasteiger charge is -2.21. The second kappa shape index (κ2) is 6.60. The van der Waals surface area contributed by atoms with Crippen LogP contribution in [0.15, 0.2) is 19.0 Å². The molecule has 0 radical (unpaired) electrons. The molecule has 17 heavy (non-hydrogen) atoms. The number of hydrogen-bond acceptors (Lipinski definition) is 2. The van der Waals surface area contributed by atoms with E-state index in [1.807, 2.05) is 12.4 Å². The molecule has 0 spiro atoms. The molecule has 3 heteroatoms. The first-order valence-corrected chi connectivity index (χ1v) is 6.75. The molecule has 2 rings (SSSR count). The predicted octanol–water partition coefficient (Wildman–Crippen LogP) is 3.04. The zero-order valence-corrected chi connectivity index (χ0v) is 10.6. The van der Waals surface area contributed by atoms with E-state index in [4.69, 9.17) is 0 Å². The Kier molecular flexibility index (Phi) is 4.80. The van der Waals surface area contributed by atoms with Gasteiger partial charge >= 0.3 is 0 Å². The van der Waals surface area contributed by atoms with E-state index in [-0.39, 0.29) is 0 Å². The molecule has 94 valence electrons. The van der Waals surface area contributed by atoms with Crippen LogP contribution in [0.5, 0.6) is 0 Å². The molecule has 0 amide bonds. The maximum Gasteiger partial charge on any atom is 0.0538 e. The molecule has 0 aromatic carbocycles. The van der Waals surface area contributed by atoms with Gasteiger partial charge in [-0.25, -0.2) is 4.68 Å². The van der Waals surface area contributed by atoms with Crippen LogP contribution in [0.3, 0.4) is 0 Å². The molecule has 0 bridgehead atoms. The molecule has 1 N–H and O–H groups in total. The van der Waals surface area contributed by atoms with Gasteiger partial charge in [0.25, 0.3) is 0 Å². The van der Waals surface area contributed by atoms with Crippen molar-refractivity contribution in [2.24, 2.45) is 5.92 Å². The van der Waals surface area contributed by atoms with E-state index < -0.39 is 0 Å². The Labute approximate surface area is 104 Å². The van der Waals surface area contributed by atoms with Crippen LogP contribution in [0.1, 0.15) is 44.1 Å². The molecular formula is C14H23N3. The van der Waals surface area contributed by atoms with Crippen molar-refractivity contribution in [1.82, 2.24) is 15.1 Å². The van der Waals surface area contributed by atoms with E-state index in [1.165, 1.54) is 44.1 Å². The summed E-state index contributed by atoms with van der Waals surface area (Å²) in [5.41, 5.74) is 1.23. The third kappa shape index (κ3) is 4.00. The van der Waals surface area contributed by atoms with Crippen molar-refractivity contribution < 1.29 is 0 Å². The number of nitrogens with zero attached hydrogens (tertiary/aromatic N) is 2. The van der Waals surface area contributed by atoms with Crippen LogP contribution in [0.4, 0.5) is 0 Å². The van der Waals surface area contributed by atoms with Crippen LogP contribution in [0, 0.1) is 5.92 Å². The van der Waals surface area contributed by atoms with Gasteiger partial charge in [0.15, 0.2) is 0 Å². The Morgan fingerprint density at radius 2 is 2.24 bits per heavy atom. The predicted molar refractivity (Wildman–Crippen MR) is 71.5 cm³/mol. The van der Waals surface area contributed by atoms with Crippen LogP contribution >= 0.6 is 0 Å². The van der Waals surface area contributed by atoms with Gasteiger partial charge in [0, 0.05) is 24.5 Å². The highest BCUT2D eigenvalue weighted by Gasteiger charge is 2.12. The minimum absolute atomic E-state index is 0.917. The minimum Gasteiger partial charge on any atom is -0.313 e. The first-order chi connectivity index (χ1) is 8.38. The maximum atomic E-state index is 4.16. The fourth-order valence-corrected chi connectivity index (χ4v) is 2.58. The first-order valence-electron chi connectivity index (χ1n) is 6.75. The molecule has 0 aliphatic heterocycles. The highest BCUT2D eigenvalue weighted by molar-refractivity contribution is 5.17. The van der Waals surface area contributed by atoms with Crippen molar-refractivity contribution in [2.75, 3.05) is 6.54 Å². The second-order valence-corrected chi connectivity index (χ2v) is 4.98. The lowest BCUT2D eigenvalue weighted by atomic mass is 9.87. The summed E-state index contributed by atoms with van der Waals surface area (Å²) in [5, 5.41) is 7.66. The Hall–Kier alpha value is -1.09. The van der Waals surface area contributed by atoms with Gasteiger partial charge in [0.2, 0.25) is 0 Å². The Balaban J connectivity index is 1.60. The standard InChI is InChI=1S/C14H23N3/c1-2-17-12-14(11-16-17)10-15-9-8-13-6-4-3-5-7-13/h2,11-13,15H,1,3-10H2. The molecule has 1 fully saturated rings. The molecule has 1 aromatic rings. The quantitative estimate of drug-likeness (QED) is 0.765. The summed E-state index contributed by atoms with van der Waals surface area (Å²) in [6.07, 6.45) is 14.2. The molecule has 1 aliphatic rings. The van der Waals surface area contributed by atoms with Crippen molar-refractivity contribution in [3.05, 3.63) is 24.5 Å². The third-order valence-corrected chi connectivity index (χ3v) is 3.63. The molecule has 0 atom stereocenters. The van der Waals surface area contributed by atoms with Gasteiger partial charge in [-0.1, -0.05) is 38.7 Å². The fraction of sp³-hybridized carbons (Fsp3) is 0.643. The molecule has 1 aliphatic carbocycles. The van der Waals surface area contributed by atoms with Crippen LogP contribution < -0.4 is 5.32 Å². The SMILES string of the molecule is C=Cn1cc(CNCCC2CCCCC2)cn1. The topological polar surface area (TPSA) is 29.9 Å². The largest absolute Gasteiger partial charge is 0.313 e. The zero-order chi connectivity index (χ0) is 11.9. The summed E-state index contributed by atoms with van der Waals surface area (Å²) >= 11 is 0. The molecule has 0 saturated heterocycles. The maximum absolute atomic E-state index is 4.16. The second-order valence-electron chi connectivity index (χ2n) is 4.98. The molecule has 1 aromatic heterocycles. The fourth-order valence-electron chi connectivity index (χ4n) is 2.58. The van der Waals surface area contributed by atoms with Gasteiger partial charge < -0.3 is 5.32 Å². The van der Waals surface area contributed by atoms with E-state index in [2.05, 4.69) is 17.0 Å². The van der Waals surface area contributed by atoms with Gasteiger partial charge in [-0.2, -0.15) is 5.10 Å². The summed E-state index contributed by atoms with van der Waals surface area (Å²) < 4.78 is 1.75. The van der Waals surface area contributed by atoms with Crippen LogP contribution in [-0.4, -0.2) is 16.3 Å². The summed E-state index contributed by atoms with van der Waals surface area (Å²) in [7, 11) is 0. The summed E-state index contributed by atoms with van der Waals surface area (Å²) in [6, 6.07) is 0. The van der Waals surface area contributed by atoms with Crippen molar-refractivity contribution >= 4 is 6.20 Å². The van der Waals surface area contributed by atoms with Gasteiger partial charge in [0.1, 0.15) is 0 Å². The molecular weight excluding hydrogens is 210 g/mol. The average molecular weight is 233 g/mol. The summed E-state index contributed by atoms with van der Waals surface area (Å²) in [4.78, 5) is 0. The van der Waals surface area contributed by atoms with E-state index in [9.17, 15) is 0 Å². The van der Waals surface area contributed by atoms with Crippen molar-refractivity contribution in [3.63, 3.8) is 0 Å². The van der Waals surface area contributed by atoms with Crippen molar-refractivity contribution in [2.45, 2.75) is 45.1 Å². The molecule has 3 nitrogen and oxygen atoms in total. The van der Waals surface area contributed by atoms with Crippen LogP contribution in [-0.2, 0) is 6.54 Å². The number of aromatic nitrogens is 2. The number of rotatable bonds is 6. The molecule has 0 unspecified atom stereocenters. The first kappa shape index (κ1) is 12.4. The number of hydrogen-bond donors (Lipinski definition) is 1. The van der Waals surface area contributed by atoms with Crippen LogP contribution in [0.2, 0.25) is 0 Å². The van der Waals surface area contributed by atoms with Crippen LogP contribution in [0.25, 0.3) is 6.20 Å². The monoisotopic (exact) mass is 233 g/mol. The van der Waals surface area contributed by atoms with Crippen molar-refractivity contribution in [3.8, 4) is 0 Å². The number of nitrogens with one attached hydrogen (secondary N) is 1. The lowest BCUT2D eigenvalue weighted by molar-refractivity contribution is 0.334. The molecule has 1 saturated carbocycles.